The molecule has 100 valence electrons. The van der Waals surface area contributed by atoms with Crippen LogP contribution in [0.4, 0.5) is 0 Å². The molecule has 0 spiro atoms. The van der Waals surface area contributed by atoms with Crippen LogP contribution in [0.15, 0.2) is 24.5 Å². The van der Waals surface area contributed by atoms with Gasteiger partial charge in [0.25, 0.3) is 0 Å². The van der Waals surface area contributed by atoms with E-state index in [1.54, 1.807) is 12.4 Å². The molecule has 3 heteroatoms. The molecule has 2 rings (SSSR count). The van der Waals surface area contributed by atoms with Crippen molar-refractivity contribution in [1.82, 2.24) is 9.97 Å². The zero-order valence-corrected chi connectivity index (χ0v) is 11.9. The fourth-order valence-electron chi connectivity index (χ4n) is 2.40. The molecule has 19 heavy (non-hydrogen) atoms. The first-order chi connectivity index (χ1) is 8.97. The highest BCUT2D eigenvalue weighted by Crippen LogP contribution is 2.22. The molecule has 2 aromatic rings. The summed E-state index contributed by atoms with van der Waals surface area (Å²) in [5.74, 6) is 0. The van der Waals surface area contributed by atoms with Gasteiger partial charge in [-0.2, -0.15) is 0 Å². The monoisotopic (exact) mass is 256 g/mol. The summed E-state index contributed by atoms with van der Waals surface area (Å²) in [6.45, 7) is 8.15. The minimum absolute atomic E-state index is 0.579. The summed E-state index contributed by atoms with van der Waals surface area (Å²) < 4.78 is 0. The van der Waals surface area contributed by atoms with Gasteiger partial charge in [-0.15, -0.1) is 0 Å². The van der Waals surface area contributed by atoms with E-state index in [0.29, 0.717) is 12.1 Å². The van der Waals surface area contributed by atoms with Gasteiger partial charge in [-0.3, -0.25) is 9.97 Å². The van der Waals surface area contributed by atoms with Gasteiger partial charge in [0.05, 0.1) is 17.6 Å². The number of benzene rings is 1. The molecule has 0 aliphatic rings. The smallest absolute Gasteiger partial charge is 0.102 e. The number of aliphatic hydroxyl groups is 1. The van der Waals surface area contributed by atoms with Gasteiger partial charge in [0.2, 0.25) is 0 Å². The van der Waals surface area contributed by atoms with Gasteiger partial charge in [0.15, 0.2) is 0 Å². The second-order valence-electron chi connectivity index (χ2n) is 5.18. The molecule has 0 saturated heterocycles. The highest BCUT2D eigenvalue weighted by atomic mass is 16.3. The molecule has 0 radical (unpaired) electrons. The molecular formula is C16H20N2O. The Morgan fingerprint density at radius 1 is 1.00 bits per heavy atom. The molecular weight excluding hydrogens is 236 g/mol. The van der Waals surface area contributed by atoms with Gasteiger partial charge >= 0.3 is 0 Å². The highest BCUT2D eigenvalue weighted by molar-refractivity contribution is 5.38. The number of aliphatic hydroxyl groups excluding tert-OH is 1. The lowest BCUT2D eigenvalue weighted by molar-refractivity contribution is 0.172. The molecule has 0 fully saturated rings. The van der Waals surface area contributed by atoms with Crippen molar-refractivity contribution in [2.75, 3.05) is 0 Å². The van der Waals surface area contributed by atoms with E-state index in [9.17, 15) is 5.11 Å². The fraction of sp³-hybridized carbons (Fsp3) is 0.375. The average Bonchev–Trinajstić information content (AvgIpc) is 2.34. The normalized spacial score (nSPS) is 12.5. The molecule has 0 aliphatic heterocycles. The summed E-state index contributed by atoms with van der Waals surface area (Å²) >= 11 is 0. The van der Waals surface area contributed by atoms with Crippen molar-refractivity contribution in [3.05, 3.63) is 58.2 Å². The van der Waals surface area contributed by atoms with Crippen LogP contribution in [-0.4, -0.2) is 15.1 Å². The Hall–Kier alpha value is -1.74. The Bertz CT molecular complexity index is 553. The Balaban J connectivity index is 2.24. The number of aryl methyl sites for hydroxylation is 4. The number of nitrogens with zero attached hydrogens (tertiary/aromatic N) is 2. The van der Waals surface area contributed by atoms with Crippen LogP contribution in [0.5, 0.6) is 0 Å². The third-order valence-corrected chi connectivity index (χ3v) is 3.38. The fourth-order valence-corrected chi connectivity index (χ4v) is 2.40. The Morgan fingerprint density at radius 3 is 2.16 bits per heavy atom. The van der Waals surface area contributed by atoms with Gasteiger partial charge in [-0.1, -0.05) is 17.7 Å². The third-order valence-electron chi connectivity index (χ3n) is 3.38. The minimum atomic E-state index is -0.604. The lowest BCUT2D eigenvalue weighted by atomic mass is 9.94. The van der Waals surface area contributed by atoms with Crippen molar-refractivity contribution < 1.29 is 5.11 Å². The summed E-state index contributed by atoms with van der Waals surface area (Å²) in [6.07, 6.45) is 3.32. The second kappa shape index (κ2) is 5.49. The molecule has 1 aromatic carbocycles. The molecule has 0 bridgehead atoms. The third kappa shape index (κ3) is 3.18. The summed E-state index contributed by atoms with van der Waals surface area (Å²) in [7, 11) is 0. The van der Waals surface area contributed by atoms with Crippen molar-refractivity contribution >= 4 is 0 Å². The van der Waals surface area contributed by atoms with Crippen LogP contribution in [0.1, 0.15) is 39.7 Å². The van der Waals surface area contributed by atoms with Crippen molar-refractivity contribution in [3.8, 4) is 0 Å². The average molecular weight is 256 g/mol. The summed E-state index contributed by atoms with van der Waals surface area (Å²) in [5.41, 5.74) is 6.38. The summed E-state index contributed by atoms with van der Waals surface area (Å²) in [6, 6.07) is 4.30. The Morgan fingerprint density at radius 2 is 1.63 bits per heavy atom. The first-order valence-corrected chi connectivity index (χ1v) is 6.50. The zero-order valence-electron chi connectivity index (χ0n) is 11.9. The zero-order chi connectivity index (χ0) is 14.0. The molecule has 1 atom stereocenters. The summed E-state index contributed by atoms with van der Waals surface area (Å²) in [5, 5.41) is 10.3. The van der Waals surface area contributed by atoms with Crippen LogP contribution in [0.2, 0.25) is 0 Å². The van der Waals surface area contributed by atoms with Gasteiger partial charge < -0.3 is 5.11 Å². The van der Waals surface area contributed by atoms with E-state index < -0.39 is 6.10 Å². The maximum atomic E-state index is 10.3. The first-order valence-electron chi connectivity index (χ1n) is 6.50. The van der Waals surface area contributed by atoms with Crippen molar-refractivity contribution in [2.45, 2.75) is 40.2 Å². The van der Waals surface area contributed by atoms with Gasteiger partial charge in [-0.05, 0) is 44.4 Å². The van der Waals surface area contributed by atoms with Crippen molar-refractivity contribution in [1.29, 1.82) is 0 Å². The van der Waals surface area contributed by atoms with E-state index in [2.05, 4.69) is 42.9 Å². The number of rotatable bonds is 3. The van der Waals surface area contributed by atoms with Gasteiger partial charge in [0, 0.05) is 12.6 Å². The van der Waals surface area contributed by atoms with Gasteiger partial charge in [0.1, 0.15) is 6.10 Å². The van der Waals surface area contributed by atoms with Crippen molar-refractivity contribution in [2.24, 2.45) is 0 Å². The quantitative estimate of drug-likeness (QED) is 0.918. The predicted molar refractivity (Wildman–Crippen MR) is 76.1 cm³/mol. The topological polar surface area (TPSA) is 46.0 Å². The van der Waals surface area contributed by atoms with Crippen LogP contribution in [0, 0.1) is 27.7 Å². The molecule has 0 amide bonds. The van der Waals surface area contributed by atoms with E-state index in [1.807, 2.05) is 6.92 Å². The van der Waals surface area contributed by atoms with Crippen LogP contribution in [0.3, 0.4) is 0 Å². The van der Waals surface area contributed by atoms with Gasteiger partial charge in [-0.25, -0.2) is 0 Å². The number of aromatic nitrogens is 2. The van der Waals surface area contributed by atoms with Crippen LogP contribution in [0.25, 0.3) is 0 Å². The van der Waals surface area contributed by atoms with Crippen LogP contribution >= 0.6 is 0 Å². The largest absolute Gasteiger partial charge is 0.386 e. The predicted octanol–water partition coefficient (Wildman–Crippen LogP) is 2.99. The van der Waals surface area contributed by atoms with Crippen LogP contribution < -0.4 is 0 Å². The Labute approximate surface area is 114 Å². The lowest BCUT2D eigenvalue weighted by Gasteiger charge is -2.15. The van der Waals surface area contributed by atoms with Crippen molar-refractivity contribution in [3.63, 3.8) is 0 Å². The molecule has 1 N–H and O–H groups in total. The maximum absolute atomic E-state index is 10.3. The molecule has 0 aliphatic carbocycles. The van der Waals surface area contributed by atoms with E-state index in [0.717, 1.165) is 5.69 Å². The number of hydrogen-bond acceptors (Lipinski definition) is 3. The van der Waals surface area contributed by atoms with E-state index in [1.165, 1.54) is 22.3 Å². The SMILES string of the molecule is Cc1cc(C)c(CC(O)c2cnc(C)cn2)c(C)c1. The Kier molecular flexibility index (Phi) is 3.96. The highest BCUT2D eigenvalue weighted by Gasteiger charge is 2.13. The molecule has 1 heterocycles. The van der Waals surface area contributed by atoms with E-state index in [-0.39, 0.29) is 0 Å². The minimum Gasteiger partial charge on any atom is -0.386 e. The lowest BCUT2D eigenvalue weighted by Crippen LogP contribution is -2.07. The second-order valence-corrected chi connectivity index (χ2v) is 5.18. The molecule has 0 saturated carbocycles. The first kappa shape index (κ1) is 13.7. The number of hydrogen-bond donors (Lipinski definition) is 1. The molecule has 1 aromatic heterocycles. The molecule has 3 nitrogen and oxygen atoms in total. The summed E-state index contributed by atoms with van der Waals surface area (Å²) in [4.78, 5) is 8.42. The van der Waals surface area contributed by atoms with Crippen LogP contribution in [-0.2, 0) is 6.42 Å². The maximum Gasteiger partial charge on any atom is 0.102 e. The van der Waals surface area contributed by atoms with E-state index >= 15 is 0 Å². The standard InChI is InChI=1S/C16H20N2O/c1-10-5-11(2)14(12(3)6-10)7-16(19)15-9-17-13(4)8-18-15/h5-6,8-9,16,19H,7H2,1-4H3. The van der Waals surface area contributed by atoms with E-state index in [4.69, 9.17) is 0 Å². The molecule has 1 unspecified atom stereocenters.